The quantitative estimate of drug-likeness (QED) is 0.504. The minimum atomic E-state index is -5.19. The Morgan fingerprint density at radius 3 is 1.88 bits per heavy atom. The lowest BCUT2D eigenvalue weighted by Gasteiger charge is -2.12. The van der Waals surface area contributed by atoms with Crippen molar-refractivity contribution in [3.63, 3.8) is 0 Å². The van der Waals surface area contributed by atoms with E-state index in [0.29, 0.717) is 5.57 Å². The van der Waals surface area contributed by atoms with Gasteiger partial charge in [-0.25, -0.2) is 0 Å². The van der Waals surface area contributed by atoms with E-state index in [4.69, 9.17) is 13.1 Å². The fourth-order valence-electron chi connectivity index (χ4n) is 3.98. The number of hydrogen-bond donors (Lipinski definition) is 0. The molecule has 1 aromatic rings. The maximum absolute atomic E-state index is 13.2. The SMILES string of the molecule is [C-]#[N+]C([N+]#[C-])=C1Cc2c(C#N)c3c(c(C#N)c2=C1C)CC(=C(C#N)C#N)C=3OC(F)(F)F. The normalized spacial score (nSPS) is 13.6. The fourth-order valence-corrected chi connectivity index (χ4v) is 3.98. The molecule has 0 aliphatic heterocycles. The Kier molecular flexibility index (Phi) is 5.19. The van der Waals surface area contributed by atoms with Gasteiger partial charge in [-0.2, -0.15) is 30.7 Å². The number of ether oxygens (including phenoxy) is 1. The van der Waals surface area contributed by atoms with Gasteiger partial charge >= 0.3 is 12.2 Å². The molecule has 0 amide bonds. The van der Waals surface area contributed by atoms with Crippen molar-refractivity contribution in [3.8, 4) is 24.3 Å². The Hall–Kier alpha value is -5.03. The number of nitriles is 4. The van der Waals surface area contributed by atoms with Gasteiger partial charge < -0.3 is 4.74 Å². The van der Waals surface area contributed by atoms with Gasteiger partial charge in [-0.15, -0.1) is 13.2 Å². The van der Waals surface area contributed by atoms with E-state index in [9.17, 15) is 34.2 Å². The van der Waals surface area contributed by atoms with Crippen LogP contribution in [-0.4, -0.2) is 6.36 Å². The number of fused-ring (bicyclic) bond motifs is 2. The zero-order valence-electron chi connectivity index (χ0n) is 16.1. The number of nitrogens with zero attached hydrogens (tertiary/aromatic N) is 6. The molecule has 0 unspecified atom stereocenters. The van der Waals surface area contributed by atoms with E-state index < -0.39 is 24.1 Å². The lowest BCUT2D eigenvalue weighted by Crippen LogP contribution is -2.27. The maximum atomic E-state index is 13.2. The van der Waals surface area contributed by atoms with Gasteiger partial charge in [0.2, 0.25) is 0 Å². The Balaban J connectivity index is 2.63. The number of allylic oxidation sites excluding steroid dienone is 2. The number of rotatable bonds is 1. The molecule has 0 saturated heterocycles. The molecule has 1 aromatic carbocycles. The van der Waals surface area contributed by atoms with Gasteiger partial charge in [0.1, 0.15) is 48.8 Å². The lowest BCUT2D eigenvalue weighted by atomic mass is 9.94. The number of hydrogen-bond acceptors (Lipinski definition) is 5. The van der Waals surface area contributed by atoms with Gasteiger partial charge in [-0.1, -0.05) is 0 Å². The smallest absolute Gasteiger partial charge is 0.405 e. The number of alkyl halides is 3. The van der Waals surface area contributed by atoms with E-state index >= 15 is 0 Å². The third-order valence-electron chi connectivity index (χ3n) is 5.19. The molecule has 0 radical (unpaired) electrons. The van der Waals surface area contributed by atoms with Crippen LogP contribution in [0.1, 0.15) is 29.2 Å². The van der Waals surface area contributed by atoms with Crippen LogP contribution in [0.3, 0.4) is 0 Å². The second-order valence-corrected chi connectivity index (χ2v) is 6.64. The maximum Gasteiger partial charge on any atom is 0.573 e. The van der Waals surface area contributed by atoms with Crippen LogP contribution >= 0.6 is 0 Å². The van der Waals surface area contributed by atoms with E-state index in [1.807, 2.05) is 12.1 Å². The highest BCUT2D eigenvalue weighted by Crippen LogP contribution is 2.35. The fraction of sp³-hybridized carbons (Fsp3) is 0.182. The van der Waals surface area contributed by atoms with Gasteiger partial charge in [0, 0.05) is 17.2 Å². The first-order chi connectivity index (χ1) is 15.2. The molecule has 32 heavy (non-hydrogen) atoms. The van der Waals surface area contributed by atoms with E-state index in [-0.39, 0.29) is 56.1 Å². The largest absolute Gasteiger partial charge is 0.573 e. The average molecular weight is 428 g/mol. The minimum Gasteiger partial charge on any atom is -0.405 e. The Morgan fingerprint density at radius 1 is 0.906 bits per heavy atom. The van der Waals surface area contributed by atoms with Gasteiger partial charge in [-0.05, 0) is 35.3 Å². The predicted molar refractivity (Wildman–Crippen MR) is 101 cm³/mol. The van der Waals surface area contributed by atoms with Gasteiger partial charge in [0.15, 0.2) is 0 Å². The van der Waals surface area contributed by atoms with Crippen molar-refractivity contribution in [2.45, 2.75) is 26.1 Å². The summed E-state index contributed by atoms with van der Waals surface area (Å²) in [5, 5.41) is 38.1. The molecule has 0 N–H and O–H groups in total. The van der Waals surface area contributed by atoms with Crippen molar-refractivity contribution < 1.29 is 17.9 Å². The third-order valence-corrected chi connectivity index (χ3v) is 5.19. The van der Waals surface area contributed by atoms with Crippen LogP contribution in [0.4, 0.5) is 13.2 Å². The molecule has 10 heteroatoms. The summed E-state index contributed by atoms with van der Waals surface area (Å²) in [5.41, 5.74) is -0.368. The number of benzene rings is 1. The highest BCUT2D eigenvalue weighted by molar-refractivity contribution is 5.80. The summed E-state index contributed by atoms with van der Waals surface area (Å²) in [6.45, 7) is 15.9. The molecule has 0 heterocycles. The zero-order chi connectivity index (χ0) is 23.8. The summed E-state index contributed by atoms with van der Waals surface area (Å²) in [6, 6.07) is 6.84. The molecule has 152 valence electrons. The molecule has 0 bridgehead atoms. The van der Waals surface area contributed by atoms with Crippen LogP contribution in [0, 0.1) is 58.5 Å². The standard InChI is InChI=1S/C22H7F3N6O/c1-10-12(21(30-2)31-3)4-14-17(9-29)19-15(16(8-28)18(10)14)5-13(11(6-26)7-27)20(19)32-22(23,24)25/h4-5H2,1H3. The zero-order valence-corrected chi connectivity index (χ0v) is 16.1. The molecule has 0 aromatic heterocycles. The molecular weight excluding hydrogens is 421 g/mol. The summed E-state index contributed by atoms with van der Waals surface area (Å²) in [4.78, 5) is 6.33. The third kappa shape index (κ3) is 3.11. The summed E-state index contributed by atoms with van der Waals surface area (Å²) in [5.74, 6) is -1.13. The van der Waals surface area contributed by atoms with Crippen molar-refractivity contribution in [3.05, 3.63) is 78.1 Å². The molecule has 0 saturated carbocycles. The minimum absolute atomic E-state index is 0.0211. The van der Waals surface area contributed by atoms with Crippen LogP contribution < -0.4 is 10.4 Å². The monoisotopic (exact) mass is 428 g/mol. The van der Waals surface area contributed by atoms with Crippen LogP contribution in [0.15, 0.2) is 22.5 Å². The van der Waals surface area contributed by atoms with E-state index in [2.05, 4.69) is 14.4 Å². The van der Waals surface area contributed by atoms with E-state index in [0.717, 1.165) is 0 Å². The Morgan fingerprint density at radius 2 is 1.41 bits per heavy atom. The van der Waals surface area contributed by atoms with Crippen molar-refractivity contribution in [1.29, 1.82) is 21.0 Å². The number of halogens is 3. The molecule has 0 atom stereocenters. The average Bonchev–Trinajstić information content (AvgIpc) is 3.26. The molecular formula is C22H7F3N6O. The second kappa shape index (κ2) is 7.66. The van der Waals surface area contributed by atoms with Crippen LogP contribution in [0.2, 0.25) is 0 Å². The predicted octanol–water partition coefficient (Wildman–Crippen LogP) is 2.75. The summed E-state index contributed by atoms with van der Waals surface area (Å²) in [7, 11) is 0. The van der Waals surface area contributed by atoms with Crippen LogP contribution in [-0.2, 0) is 17.6 Å². The van der Waals surface area contributed by atoms with Crippen molar-refractivity contribution in [1.82, 2.24) is 0 Å². The Bertz CT molecular complexity index is 1520. The highest BCUT2D eigenvalue weighted by atomic mass is 19.4. The Labute approximate surface area is 179 Å². The van der Waals surface area contributed by atoms with Crippen molar-refractivity contribution in [2.75, 3.05) is 0 Å². The molecule has 2 aliphatic carbocycles. The molecule has 3 rings (SSSR count). The first kappa shape index (κ1) is 21.7. The van der Waals surface area contributed by atoms with Gasteiger partial charge in [0.25, 0.3) is 0 Å². The van der Waals surface area contributed by atoms with Crippen LogP contribution in [0.5, 0.6) is 0 Å². The molecule has 0 fully saturated rings. The van der Waals surface area contributed by atoms with Gasteiger partial charge in [-0.3, -0.25) is 0 Å². The topological polar surface area (TPSA) is 113 Å². The first-order valence-electron chi connectivity index (χ1n) is 8.68. The molecule has 2 aliphatic rings. The summed E-state index contributed by atoms with van der Waals surface area (Å²) in [6.07, 6.45) is -5.69. The van der Waals surface area contributed by atoms with Crippen molar-refractivity contribution >= 4 is 11.3 Å². The summed E-state index contributed by atoms with van der Waals surface area (Å²) < 4.78 is 43.8. The lowest BCUT2D eigenvalue weighted by molar-refractivity contribution is -0.290. The van der Waals surface area contributed by atoms with Crippen molar-refractivity contribution in [2.24, 2.45) is 0 Å². The summed E-state index contributed by atoms with van der Waals surface area (Å²) >= 11 is 0. The van der Waals surface area contributed by atoms with Crippen LogP contribution in [0.25, 0.3) is 21.0 Å². The first-order valence-corrected chi connectivity index (χ1v) is 8.68. The highest BCUT2D eigenvalue weighted by Gasteiger charge is 2.39. The van der Waals surface area contributed by atoms with E-state index in [1.165, 1.54) is 12.1 Å². The molecule has 7 nitrogen and oxygen atoms in total. The van der Waals surface area contributed by atoms with E-state index in [1.54, 1.807) is 6.92 Å². The molecule has 0 spiro atoms. The second-order valence-electron chi connectivity index (χ2n) is 6.64. The van der Waals surface area contributed by atoms with Gasteiger partial charge in [0.05, 0.1) is 16.7 Å².